The van der Waals surface area contributed by atoms with Crippen molar-refractivity contribution in [2.24, 2.45) is 0 Å². The molecule has 0 spiro atoms. The van der Waals surface area contributed by atoms with Gasteiger partial charge in [0, 0.05) is 14.1 Å². The van der Waals surface area contributed by atoms with Crippen molar-refractivity contribution in [1.82, 2.24) is 19.5 Å². The van der Waals surface area contributed by atoms with Crippen LogP contribution < -0.4 is 4.90 Å². The highest BCUT2D eigenvalue weighted by atomic mass is 16.6. The van der Waals surface area contributed by atoms with Crippen LogP contribution in [0.2, 0.25) is 0 Å². The zero-order valence-corrected chi connectivity index (χ0v) is 11.7. The fourth-order valence-electron chi connectivity index (χ4n) is 2.46. The van der Waals surface area contributed by atoms with E-state index in [9.17, 15) is 10.2 Å². The molecule has 0 aliphatic carbocycles. The minimum atomic E-state index is -1.17. The molecule has 3 N–H and O–H groups in total. The molecule has 9 nitrogen and oxygen atoms in total. The Balaban J connectivity index is 2.04. The van der Waals surface area contributed by atoms with Gasteiger partial charge in [0.05, 0.1) is 12.9 Å². The standard InChI is InChI=1S/C12H17N5O4/c1-16(2)10-7-11(14-4-13-10)17(5-15-7)12-9(20)8(19)6(3-18)21-12/h4-6,8-9,12,18-20H,3H2,1-2H3/t6-,8-,9?,12-/m1/s1. The number of aromatic nitrogens is 4. The summed E-state index contributed by atoms with van der Waals surface area (Å²) in [6, 6.07) is 0. The largest absolute Gasteiger partial charge is 0.394 e. The summed E-state index contributed by atoms with van der Waals surface area (Å²) in [6.07, 6.45) is -1.14. The summed E-state index contributed by atoms with van der Waals surface area (Å²) < 4.78 is 7.02. The van der Waals surface area contributed by atoms with E-state index in [1.54, 1.807) is 4.90 Å². The van der Waals surface area contributed by atoms with Crippen LogP contribution in [0, 0.1) is 0 Å². The number of aliphatic hydroxyl groups is 3. The van der Waals surface area contributed by atoms with Crippen LogP contribution in [-0.2, 0) is 4.74 Å². The minimum Gasteiger partial charge on any atom is -0.394 e. The van der Waals surface area contributed by atoms with E-state index < -0.39 is 24.5 Å². The first kappa shape index (κ1) is 14.1. The van der Waals surface area contributed by atoms with Crippen LogP contribution in [0.5, 0.6) is 0 Å². The zero-order valence-electron chi connectivity index (χ0n) is 11.7. The quantitative estimate of drug-likeness (QED) is 0.626. The third kappa shape index (κ3) is 2.14. The highest BCUT2D eigenvalue weighted by Gasteiger charge is 2.44. The van der Waals surface area contributed by atoms with Gasteiger partial charge in [-0.25, -0.2) is 15.0 Å². The highest BCUT2D eigenvalue weighted by molar-refractivity contribution is 5.83. The normalized spacial score (nSPS) is 29.2. The maximum Gasteiger partial charge on any atom is 0.167 e. The number of hydrogen-bond donors (Lipinski definition) is 3. The molecular weight excluding hydrogens is 278 g/mol. The molecule has 1 fully saturated rings. The molecule has 0 radical (unpaired) electrons. The van der Waals surface area contributed by atoms with Crippen LogP contribution in [0.1, 0.15) is 6.23 Å². The first-order valence-electron chi connectivity index (χ1n) is 6.52. The van der Waals surface area contributed by atoms with Gasteiger partial charge in [0.1, 0.15) is 24.6 Å². The Bertz CT molecular complexity index is 646. The molecule has 114 valence electrons. The maximum absolute atomic E-state index is 10.1. The Morgan fingerprint density at radius 3 is 2.62 bits per heavy atom. The van der Waals surface area contributed by atoms with Gasteiger partial charge in [-0.3, -0.25) is 4.57 Å². The highest BCUT2D eigenvalue weighted by Crippen LogP contribution is 2.32. The predicted octanol–water partition coefficient (Wildman–Crippen LogP) is -1.50. The van der Waals surface area contributed by atoms with Gasteiger partial charge in [-0.2, -0.15) is 0 Å². The Labute approximate surface area is 120 Å². The minimum absolute atomic E-state index is 0.376. The van der Waals surface area contributed by atoms with Crippen molar-refractivity contribution in [3.63, 3.8) is 0 Å². The van der Waals surface area contributed by atoms with Crippen LogP contribution in [0.25, 0.3) is 11.2 Å². The van der Waals surface area contributed by atoms with Gasteiger partial charge in [-0.1, -0.05) is 0 Å². The van der Waals surface area contributed by atoms with Crippen LogP contribution in [0.15, 0.2) is 12.7 Å². The van der Waals surface area contributed by atoms with Crippen molar-refractivity contribution in [2.45, 2.75) is 24.5 Å². The van der Waals surface area contributed by atoms with E-state index in [2.05, 4.69) is 15.0 Å². The fraction of sp³-hybridized carbons (Fsp3) is 0.583. The third-order valence-electron chi connectivity index (χ3n) is 3.55. The molecule has 0 amide bonds. The van der Waals surface area contributed by atoms with E-state index in [4.69, 9.17) is 9.84 Å². The van der Waals surface area contributed by atoms with Crippen LogP contribution in [-0.4, -0.2) is 73.9 Å². The Morgan fingerprint density at radius 2 is 2.00 bits per heavy atom. The first-order valence-corrected chi connectivity index (χ1v) is 6.52. The average molecular weight is 295 g/mol. The summed E-state index contributed by atoms with van der Waals surface area (Å²) in [4.78, 5) is 14.4. The van der Waals surface area contributed by atoms with Crippen molar-refractivity contribution in [3.8, 4) is 0 Å². The molecular formula is C12H17N5O4. The van der Waals surface area contributed by atoms with Gasteiger partial charge in [0.25, 0.3) is 0 Å². The fourth-order valence-corrected chi connectivity index (χ4v) is 2.46. The van der Waals surface area contributed by atoms with Gasteiger partial charge < -0.3 is 25.0 Å². The molecule has 1 aliphatic heterocycles. The lowest BCUT2D eigenvalue weighted by atomic mass is 10.1. The Kier molecular flexibility index (Phi) is 3.49. The number of imidazole rings is 1. The van der Waals surface area contributed by atoms with Crippen molar-refractivity contribution in [1.29, 1.82) is 0 Å². The molecule has 3 heterocycles. The average Bonchev–Trinajstić information content (AvgIpc) is 3.01. The lowest BCUT2D eigenvalue weighted by Gasteiger charge is -2.17. The topological polar surface area (TPSA) is 117 Å². The smallest absolute Gasteiger partial charge is 0.167 e. The lowest BCUT2D eigenvalue weighted by molar-refractivity contribution is -0.0511. The maximum atomic E-state index is 10.1. The van der Waals surface area contributed by atoms with Gasteiger partial charge in [-0.05, 0) is 0 Å². The second-order valence-electron chi connectivity index (χ2n) is 5.14. The van der Waals surface area contributed by atoms with E-state index in [-0.39, 0.29) is 6.61 Å². The molecule has 0 aromatic carbocycles. The Morgan fingerprint density at radius 1 is 1.24 bits per heavy atom. The summed E-state index contributed by atoms with van der Waals surface area (Å²) >= 11 is 0. The zero-order chi connectivity index (χ0) is 15.1. The molecule has 9 heteroatoms. The molecule has 3 rings (SSSR count). The third-order valence-corrected chi connectivity index (χ3v) is 3.55. The van der Waals surface area contributed by atoms with Crippen LogP contribution >= 0.6 is 0 Å². The summed E-state index contributed by atoms with van der Waals surface area (Å²) in [5, 5.41) is 29.1. The van der Waals surface area contributed by atoms with E-state index in [1.165, 1.54) is 17.2 Å². The van der Waals surface area contributed by atoms with Crippen LogP contribution in [0.3, 0.4) is 0 Å². The number of anilines is 1. The summed E-state index contributed by atoms with van der Waals surface area (Å²) in [6.45, 7) is -0.376. The molecule has 2 aromatic heterocycles. The van der Waals surface area contributed by atoms with E-state index in [0.717, 1.165) is 0 Å². The molecule has 1 aliphatic rings. The summed E-state index contributed by atoms with van der Waals surface area (Å²) in [7, 11) is 3.68. The van der Waals surface area contributed by atoms with E-state index in [0.29, 0.717) is 17.0 Å². The monoisotopic (exact) mass is 295 g/mol. The number of aliphatic hydroxyl groups excluding tert-OH is 3. The molecule has 0 saturated carbocycles. The molecule has 1 unspecified atom stereocenters. The van der Waals surface area contributed by atoms with Gasteiger partial charge in [0.15, 0.2) is 23.2 Å². The predicted molar refractivity (Wildman–Crippen MR) is 72.7 cm³/mol. The van der Waals surface area contributed by atoms with Crippen molar-refractivity contribution < 1.29 is 20.1 Å². The Hall–Kier alpha value is -1.81. The van der Waals surface area contributed by atoms with E-state index in [1.807, 2.05) is 14.1 Å². The van der Waals surface area contributed by atoms with Crippen LogP contribution in [0.4, 0.5) is 5.82 Å². The number of fused-ring (bicyclic) bond motifs is 1. The number of nitrogens with zero attached hydrogens (tertiary/aromatic N) is 5. The number of ether oxygens (including phenoxy) is 1. The molecule has 21 heavy (non-hydrogen) atoms. The summed E-state index contributed by atoms with van der Waals surface area (Å²) in [5.41, 5.74) is 1.06. The number of hydrogen-bond acceptors (Lipinski definition) is 8. The second-order valence-corrected chi connectivity index (χ2v) is 5.14. The first-order chi connectivity index (χ1) is 10.0. The van der Waals surface area contributed by atoms with Gasteiger partial charge in [0.2, 0.25) is 0 Å². The molecule has 2 aromatic rings. The van der Waals surface area contributed by atoms with Crippen molar-refractivity contribution >= 4 is 17.0 Å². The van der Waals surface area contributed by atoms with E-state index >= 15 is 0 Å². The van der Waals surface area contributed by atoms with Crippen molar-refractivity contribution in [3.05, 3.63) is 12.7 Å². The number of rotatable bonds is 3. The van der Waals surface area contributed by atoms with Crippen molar-refractivity contribution in [2.75, 3.05) is 25.6 Å². The molecule has 4 atom stereocenters. The SMILES string of the molecule is CN(C)c1ncnc2c1ncn2[C@@H]1O[C@H](CO)[C@@H](O)C1O. The molecule has 1 saturated heterocycles. The molecule has 0 bridgehead atoms. The summed E-state index contributed by atoms with van der Waals surface area (Å²) in [5.74, 6) is 0.644. The second kappa shape index (κ2) is 5.19. The van der Waals surface area contributed by atoms with Gasteiger partial charge >= 0.3 is 0 Å². The van der Waals surface area contributed by atoms with Gasteiger partial charge in [-0.15, -0.1) is 0 Å². The lowest BCUT2D eigenvalue weighted by Crippen LogP contribution is -2.33.